The van der Waals surface area contributed by atoms with Crippen LogP contribution < -0.4 is 5.56 Å². The number of amides is 2. The smallest absolute Gasteiger partial charge is 0.262 e. The molecule has 2 amide bonds. The van der Waals surface area contributed by atoms with Crippen LogP contribution in [0.3, 0.4) is 0 Å². The number of rotatable bonds is 4. The number of carbonyl (C=O) groups excluding carboxylic acids is 2. The Bertz CT molecular complexity index is 1230. The number of thiophene rings is 1. The first-order valence-electron chi connectivity index (χ1n) is 10.9. The van der Waals surface area contributed by atoms with Crippen molar-refractivity contribution < 1.29 is 9.59 Å². The summed E-state index contributed by atoms with van der Waals surface area (Å²) in [6, 6.07) is 7.60. The van der Waals surface area contributed by atoms with Crippen molar-refractivity contribution in [2.24, 2.45) is 0 Å². The first kappa shape index (κ1) is 22.2. The topological polar surface area (TPSA) is 75.5 Å². The van der Waals surface area contributed by atoms with E-state index >= 15 is 0 Å². The van der Waals surface area contributed by atoms with Gasteiger partial charge >= 0.3 is 0 Å². The van der Waals surface area contributed by atoms with Crippen molar-refractivity contribution in [2.45, 2.75) is 40.2 Å². The first-order valence-corrected chi connectivity index (χ1v) is 11.8. The van der Waals surface area contributed by atoms with Crippen LogP contribution in [0.15, 0.2) is 35.4 Å². The monoisotopic (exact) mass is 452 g/mol. The summed E-state index contributed by atoms with van der Waals surface area (Å²) in [7, 11) is 0. The van der Waals surface area contributed by atoms with Gasteiger partial charge in [-0.25, -0.2) is 4.98 Å². The molecule has 8 heteroatoms. The predicted octanol–water partition coefficient (Wildman–Crippen LogP) is 3.15. The second-order valence-electron chi connectivity index (χ2n) is 8.35. The van der Waals surface area contributed by atoms with Crippen LogP contribution in [0.1, 0.15) is 39.2 Å². The van der Waals surface area contributed by atoms with E-state index < -0.39 is 0 Å². The van der Waals surface area contributed by atoms with Gasteiger partial charge in [0.2, 0.25) is 5.91 Å². The van der Waals surface area contributed by atoms with E-state index in [0.29, 0.717) is 43.7 Å². The zero-order chi connectivity index (χ0) is 22.8. The van der Waals surface area contributed by atoms with Gasteiger partial charge in [0.1, 0.15) is 4.83 Å². The second kappa shape index (κ2) is 9.24. The summed E-state index contributed by atoms with van der Waals surface area (Å²) < 4.78 is 1.53. The van der Waals surface area contributed by atoms with Crippen molar-refractivity contribution in [1.82, 2.24) is 19.4 Å². The average molecular weight is 453 g/mol. The number of benzene rings is 1. The standard InChI is InChI=1S/C24H28N4O3S/c1-16-6-4-7-19(14-16)23(30)27-10-5-9-26(12-13-27)20(29)8-11-28-15-25-22-21(24(28)31)17(2)18(3)32-22/h4,6-7,14-15H,5,8-13H2,1-3H3. The van der Waals surface area contributed by atoms with E-state index in [1.807, 2.05) is 49.9 Å². The van der Waals surface area contributed by atoms with Crippen LogP contribution in [-0.2, 0) is 11.3 Å². The zero-order valence-electron chi connectivity index (χ0n) is 18.8. The summed E-state index contributed by atoms with van der Waals surface area (Å²) in [6.45, 7) is 8.47. The van der Waals surface area contributed by atoms with Crippen LogP contribution >= 0.6 is 11.3 Å². The number of nitrogens with zero attached hydrogens (tertiary/aromatic N) is 4. The lowest BCUT2D eigenvalue weighted by molar-refractivity contribution is -0.131. The molecule has 0 unspecified atom stereocenters. The van der Waals surface area contributed by atoms with Gasteiger partial charge in [0.25, 0.3) is 11.5 Å². The number of hydrogen-bond acceptors (Lipinski definition) is 5. The van der Waals surface area contributed by atoms with Crippen LogP contribution in [0.2, 0.25) is 0 Å². The lowest BCUT2D eigenvalue weighted by atomic mass is 10.1. The molecular formula is C24H28N4O3S. The number of fused-ring (bicyclic) bond motifs is 1. The fraction of sp³-hybridized carbons (Fsp3) is 0.417. The molecular weight excluding hydrogens is 424 g/mol. The third kappa shape index (κ3) is 4.46. The highest BCUT2D eigenvalue weighted by molar-refractivity contribution is 7.18. The van der Waals surface area contributed by atoms with E-state index in [9.17, 15) is 14.4 Å². The molecule has 0 radical (unpaired) electrons. The normalized spacial score (nSPS) is 14.6. The minimum atomic E-state index is -0.0876. The van der Waals surface area contributed by atoms with Gasteiger partial charge in [-0.1, -0.05) is 17.7 Å². The summed E-state index contributed by atoms with van der Waals surface area (Å²) in [5.74, 6) is 0.00965. The van der Waals surface area contributed by atoms with Gasteiger partial charge in [-0.15, -0.1) is 11.3 Å². The van der Waals surface area contributed by atoms with Crippen molar-refractivity contribution in [3.63, 3.8) is 0 Å². The van der Waals surface area contributed by atoms with Gasteiger partial charge in [0.15, 0.2) is 0 Å². The molecule has 0 N–H and O–H groups in total. The van der Waals surface area contributed by atoms with Crippen LogP contribution in [0, 0.1) is 20.8 Å². The molecule has 1 aromatic carbocycles. The Morgan fingerprint density at radius 1 is 1.06 bits per heavy atom. The lowest BCUT2D eigenvalue weighted by Gasteiger charge is -2.22. The van der Waals surface area contributed by atoms with Gasteiger partial charge in [-0.05, 0) is 44.9 Å². The summed E-state index contributed by atoms with van der Waals surface area (Å²) in [5.41, 5.74) is 2.62. The maximum Gasteiger partial charge on any atom is 0.262 e. The van der Waals surface area contributed by atoms with E-state index in [0.717, 1.165) is 27.3 Å². The van der Waals surface area contributed by atoms with Crippen LogP contribution in [0.5, 0.6) is 0 Å². The van der Waals surface area contributed by atoms with Gasteiger partial charge in [-0.3, -0.25) is 19.0 Å². The molecule has 1 saturated heterocycles. The van der Waals surface area contributed by atoms with Gasteiger partial charge in [0, 0.05) is 49.6 Å². The Balaban J connectivity index is 1.38. The minimum absolute atomic E-state index is 0.0000672. The Morgan fingerprint density at radius 2 is 1.81 bits per heavy atom. The maximum atomic E-state index is 12.9. The van der Waals surface area contributed by atoms with Gasteiger partial charge in [-0.2, -0.15) is 0 Å². The van der Waals surface area contributed by atoms with Gasteiger partial charge < -0.3 is 9.80 Å². The molecule has 3 heterocycles. The summed E-state index contributed by atoms with van der Waals surface area (Å²) in [6.07, 6.45) is 2.52. The summed E-state index contributed by atoms with van der Waals surface area (Å²) in [5, 5.41) is 0.655. The van der Waals surface area contributed by atoms with Crippen LogP contribution in [0.25, 0.3) is 10.2 Å². The van der Waals surface area contributed by atoms with E-state index in [1.54, 1.807) is 4.90 Å². The Morgan fingerprint density at radius 3 is 2.59 bits per heavy atom. The van der Waals surface area contributed by atoms with Crippen molar-refractivity contribution in [2.75, 3.05) is 26.2 Å². The number of aryl methyl sites for hydroxylation is 4. The molecule has 0 aliphatic carbocycles. The third-order valence-electron chi connectivity index (χ3n) is 6.12. The van der Waals surface area contributed by atoms with Crippen LogP contribution in [0.4, 0.5) is 0 Å². The fourth-order valence-corrected chi connectivity index (χ4v) is 5.12. The highest BCUT2D eigenvalue weighted by atomic mass is 32.1. The lowest BCUT2D eigenvalue weighted by Crippen LogP contribution is -2.38. The SMILES string of the molecule is Cc1cccc(C(=O)N2CCCN(C(=O)CCn3cnc4sc(C)c(C)c4c3=O)CC2)c1. The molecule has 7 nitrogen and oxygen atoms in total. The summed E-state index contributed by atoms with van der Waals surface area (Å²) in [4.78, 5) is 48.4. The minimum Gasteiger partial charge on any atom is -0.341 e. The summed E-state index contributed by atoms with van der Waals surface area (Å²) >= 11 is 1.52. The molecule has 32 heavy (non-hydrogen) atoms. The van der Waals surface area contributed by atoms with E-state index in [4.69, 9.17) is 0 Å². The molecule has 3 aromatic rings. The second-order valence-corrected chi connectivity index (χ2v) is 9.56. The molecule has 1 aliphatic heterocycles. The van der Waals surface area contributed by atoms with Crippen molar-refractivity contribution in [3.8, 4) is 0 Å². The molecule has 1 fully saturated rings. The third-order valence-corrected chi connectivity index (χ3v) is 7.24. The van der Waals surface area contributed by atoms with E-state index in [2.05, 4.69) is 4.98 Å². The highest BCUT2D eigenvalue weighted by Crippen LogP contribution is 2.25. The van der Waals surface area contributed by atoms with Crippen molar-refractivity contribution in [1.29, 1.82) is 0 Å². The Hall–Kier alpha value is -3.00. The molecule has 1 aliphatic rings. The predicted molar refractivity (Wildman–Crippen MR) is 126 cm³/mol. The quantitative estimate of drug-likeness (QED) is 0.609. The van der Waals surface area contributed by atoms with E-state index in [1.165, 1.54) is 22.2 Å². The first-order chi connectivity index (χ1) is 15.3. The fourth-order valence-electron chi connectivity index (χ4n) is 4.13. The van der Waals surface area contributed by atoms with Gasteiger partial charge in [0.05, 0.1) is 11.7 Å². The molecule has 0 atom stereocenters. The molecule has 0 saturated carbocycles. The molecule has 168 valence electrons. The molecule has 0 spiro atoms. The van der Waals surface area contributed by atoms with E-state index in [-0.39, 0.29) is 23.8 Å². The Kier molecular flexibility index (Phi) is 6.41. The number of aromatic nitrogens is 2. The molecule has 0 bridgehead atoms. The van der Waals surface area contributed by atoms with Crippen LogP contribution in [-0.4, -0.2) is 57.3 Å². The largest absolute Gasteiger partial charge is 0.341 e. The Labute approximate surface area is 191 Å². The van der Waals surface area contributed by atoms with Crippen molar-refractivity contribution in [3.05, 3.63) is 62.5 Å². The molecule has 2 aromatic heterocycles. The number of carbonyl (C=O) groups is 2. The van der Waals surface area contributed by atoms with Crippen molar-refractivity contribution >= 4 is 33.4 Å². The molecule has 4 rings (SSSR count). The average Bonchev–Trinajstić information content (AvgIpc) is 2.94. The highest BCUT2D eigenvalue weighted by Gasteiger charge is 2.23. The maximum absolute atomic E-state index is 12.9. The number of hydrogen-bond donors (Lipinski definition) is 0. The zero-order valence-corrected chi connectivity index (χ0v) is 19.6.